The summed E-state index contributed by atoms with van der Waals surface area (Å²) in [7, 11) is 0.787. The third kappa shape index (κ3) is 3.05. The summed E-state index contributed by atoms with van der Waals surface area (Å²) < 4.78 is 41.8. The second-order valence-electron chi connectivity index (χ2n) is 5.59. The normalized spacial score (nSPS) is 12.0. The summed E-state index contributed by atoms with van der Waals surface area (Å²) in [6.07, 6.45) is 2.96. The summed E-state index contributed by atoms with van der Waals surface area (Å²) in [4.78, 5) is 8.18. The van der Waals surface area contributed by atoms with Gasteiger partial charge in [-0.3, -0.25) is 4.68 Å². The minimum Gasteiger partial charge on any atom is -0.365 e. The van der Waals surface area contributed by atoms with Crippen LogP contribution in [0, 0.1) is 5.82 Å². The molecule has 3 aromatic rings. The highest BCUT2D eigenvalue weighted by Gasteiger charge is 2.23. The molecular formula is C15H17FN6O2S. The zero-order valence-corrected chi connectivity index (χ0v) is 14.7. The molecule has 8 nitrogen and oxygen atoms in total. The van der Waals surface area contributed by atoms with E-state index in [4.69, 9.17) is 0 Å². The molecule has 0 aliphatic rings. The number of rotatable bonds is 5. The fourth-order valence-corrected chi connectivity index (χ4v) is 3.55. The van der Waals surface area contributed by atoms with Gasteiger partial charge in [-0.15, -0.1) is 0 Å². The van der Waals surface area contributed by atoms with Gasteiger partial charge in [-0.2, -0.15) is 5.10 Å². The molecule has 0 amide bonds. The van der Waals surface area contributed by atoms with Gasteiger partial charge in [0.25, 0.3) is 0 Å². The number of hydrogen-bond donors (Lipinski definition) is 1. The molecule has 1 aromatic carbocycles. The van der Waals surface area contributed by atoms with Gasteiger partial charge in [-0.05, 0) is 12.1 Å². The molecule has 0 atom stereocenters. The molecule has 0 unspecified atom stereocenters. The first-order valence-electron chi connectivity index (χ1n) is 7.39. The van der Waals surface area contributed by atoms with Crippen LogP contribution in [0.25, 0.3) is 11.0 Å². The van der Waals surface area contributed by atoms with Crippen LogP contribution >= 0.6 is 0 Å². The maximum absolute atomic E-state index is 14.3. The summed E-state index contributed by atoms with van der Waals surface area (Å²) >= 11 is 0. The Hall–Kier alpha value is -2.59. The predicted molar refractivity (Wildman–Crippen MR) is 90.9 cm³/mol. The zero-order chi connectivity index (χ0) is 18.2. The summed E-state index contributed by atoms with van der Waals surface area (Å²) in [5.41, 5.74) is 0.666. The molecule has 10 heteroatoms. The van der Waals surface area contributed by atoms with Crippen molar-refractivity contribution in [2.24, 2.45) is 7.05 Å². The molecule has 0 saturated heterocycles. The Kier molecular flexibility index (Phi) is 4.39. The molecular weight excluding hydrogens is 347 g/mol. The van der Waals surface area contributed by atoms with Crippen LogP contribution in [0.1, 0.15) is 5.56 Å². The van der Waals surface area contributed by atoms with Crippen molar-refractivity contribution in [2.75, 3.05) is 19.4 Å². The fraction of sp³-hybridized carbons (Fsp3) is 0.267. The van der Waals surface area contributed by atoms with Crippen LogP contribution in [0.5, 0.6) is 0 Å². The van der Waals surface area contributed by atoms with Crippen molar-refractivity contribution in [3.63, 3.8) is 0 Å². The first-order valence-corrected chi connectivity index (χ1v) is 8.83. The van der Waals surface area contributed by atoms with E-state index in [9.17, 15) is 12.8 Å². The van der Waals surface area contributed by atoms with Crippen LogP contribution in [0.4, 0.5) is 10.2 Å². The van der Waals surface area contributed by atoms with Crippen LogP contribution in [0.3, 0.4) is 0 Å². The van der Waals surface area contributed by atoms with Crippen LogP contribution in [0.2, 0.25) is 0 Å². The molecule has 2 aromatic heterocycles. The lowest BCUT2D eigenvalue weighted by Crippen LogP contribution is -2.24. The Morgan fingerprint density at radius 1 is 1.28 bits per heavy atom. The molecule has 0 bridgehead atoms. The first-order chi connectivity index (χ1) is 11.8. The highest BCUT2D eigenvalue weighted by atomic mass is 32.2. The quantitative estimate of drug-likeness (QED) is 0.735. The number of hydrogen-bond acceptors (Lipinski definition) is 6. The van der Waals surface area contributed by atoms with Crippen molar-refractivity contribution in [3.05, 3.63) is 42.1 Å². The lowest BCUT2D eigenvalue weighted by molar-refractivity contribution is 0.517. The maximum atomic E-state index is 14.3. The average molecular weight is 364 g/mol. The number of sulfonamides is 1. The number of benzene rings is 1. The zero-order valence-electron chi connectivity index (χ0n) is 13.9. The van der Waals surface area contributed by atoms with Crippen LogP contribution in [-0.2, 0) is 23.6 Å². The van der Waals surface area contributed by atoms with Crippen LogP contribution in [0.15, 0.2) is 35.6 Å². The van der Waals surface area contributed by atoms with Gasteiger partial charge in [0.1, 0.15) is 18.0 Å². The topological polar surface area (TPSA) is 93.0 Å². The molecule has 132 valence electrons. The molecule has 0 fully saturated rings. The third-order valence-corrected chi connectivity index (χ3v) is 5.70. The lowest BCUT2D eigenvalue weighted by atomic mass is 10.2. The van der Waals surface area contributed by atoms with Crippen LogP contribution < -0.4 is 5.32 Å². The monoisotopic (exact) mass is 364 g/mol. The van der Waals surface area contributed by atoms with Gasteiger partial charge in [0.2, 0.25) is 10.0 Å². The van der Waals surface area contributed by atoms with Gasteiger partial charge in [0.15, 0.2) is 5.65 Å². The van der Waals surface area contributed by atoms with E-state index in [0.29, 0.717) is 16.9 Å². The number of aromatic nitrogens is 4. The Morgan fingerprint density at radius 2 is 2.04 bits per heavy atom. The van der Waals surface area contributed by atoms with E-state index in [1.165, 1.54) is 38.6 Å². The van der Waals surface area contributed by atoms with E-state index in [0.717, 1.165) is 4.31 Å². The Morgan fingerprint density at radius 3 is 2.76 bits per heavy atom. The molecule has 25 heavy (non-hydrogen) atoms. The van der Waals surface area contributed by atoms with Crippen molar-refractivity contribution in [1.82, 2.24) is 24.1 Å². The maximum Gasteiger partial charge on any atom is 0.243 e. The lowest BCUT2D eigenvalue weighted by Gasteiger charge is -2.16. The molecule has 0 aliphatic heterocycles. The number of halogens is 1. The van der Waals surface area contributed by atoms with E-state index in [2.05, 4.69) is 20.4 Å². The van der Waals surface area contributed by atoms with E-state index >= 15 is 0 Å². The van der Waals surface area contributed by atoms with Crippen molar-refractivity contribution >= 4 is 26.9 Å². The molecule has 3 rings (SSSR count). The molecule has 0 saturated carbocycles. The smallest absolute Gasteiger partial charge is 0.243 e. The summed E-state index contributed by atoms with van der Waals surface area (Å²) in [6, 6.07) is 3.99. The summed E-state index contributed by atoms with van der Waals surface area (Å²) in [5.74, 6) is -0.151. The minimum absolute atomic E-state index is 0.0456. The van der Waals surface area contributed by atoms with Gasteiger partial charge in [-0.25, -0.2) is 27.1 Å². The summed E-state index contributed by atoms with van der Waals surface area (Å²) in [6.45, 7) is -0.0456. The number of anilines is 1. The Balaban J connectivity index is 1.99. The molecule has 2 heterocycles. The third-order valence-electron chi connectivity index (χ3n) is 3.80. The van der Waals surface area contributed by atoms with Crippen molar-refractivity contribution < 1.29 is 12.8 Å². The Labute approximate surface area is 144 Å². The average Bonchev–Trinajstić information content (AvgIpc) is 2.95. The fourth-order valence-electron chi connectivity index (χ4n) is 2.42. The SMILES string of the molecule is CN(C)S(=O)(=O)c1cccc(F)c1CNc1ncnc2c1cnn2C. The van der Waals surface area contributed by atoms with E-state index < -0.39 is 15.8 Å². The number of fused-ring (bicyclic) bond motifs is 1. The first kappa shape index (κ1) is 17.2. The van der Waals surface area contributed by atoms with Gasteiger partial charge >= 0.3 is 0 Å². The summed E-state index contributed by atoms with van der Waals surface area (Å²) in [5, 5.41) is 7.75. The van der Waals surface area contributed by atoms with Gasteiger partial charge < -0.3 is 5.32 Å². The standard InChI is InChI=1S/C15H17FN6O2S/c1-21(2)25(23,24)13-6-4-5-12(16)10(13)7-17-14-11-8-20-22(3)15(11)19-9-18-14/h4-6,8-9H,7H2,1-3H3,(H,17,18,19). The van der Waals surface area contributed by atoms with Gasteiger partial charge in [0.05, 0.1) is 16.5 Å². The van der Waals surface area contributed by atoms with Gasteiger partial charge in [-0.1, -0.05) is 6.07 Å². The number of nitrogens with zero attached hydrogens (tertiary/aromatic N) is 5. The predicted octanol–water partition coefficient (Wildman–Crippen LogP) is 1.36. The molecule has 0 aliphatic carbocycles. The van der Waals surface area contributed by atoms with Crippen LogP contribution in [-0.4, -0.2) is 46.6 Å². The van der Waals surface area contributed by atoms with Crippen molar-refractivity contribution in [1.29, 1.82) is 0 Å². The van der Waals surface area contributed by atoms with E-state index in [1.54, 1.807) is 17.9 Å². The number of nitrogens with one attached hydrogen (secondary N) is 1. The van der Waals surface area contributed by atoms with Gasteiger partial charge in [0, 0.05) is 33.3 Å². The molecule has 1 N–H and O–H groups in total. The minimum atomic E-state index is -3.77. The highest BCUT2D eigenvalue weighted by Crippen LogP contribution is 2.24. The van der Waals surface area contributed by atoms with E-state index in [1.807, 2.05) is 0 Å². The van der Waals surface area contributed by atoms with Crippen molar-refractivity contribution in [2.45, 2.75) is 11.4 Å². The second-order valence-corrected chi connectivity index (χ2v) is 7.71. The second kappa shape index (κ2) is 6.37. The highest BCUT2D eigenvalue weighted by molar-refractivity contribution is 7.89. The largest absolute Gasteiger partial charge is 0.365 e. The molecule has 0 radical (unpaired) electrons. The van der Waals surface area contributed by atoms with Crippen molar-refractivity contribution in [3.8, 4) is 0 Å². The number of aryl methyl sites for hydroxylation is 1. The molecule has 0 spiro atoms. The van der Waals surface area contributed by atoms with E-state index in [-0.39, 0.29) is 17.0 Å². The Bertz CT molecular complexity index is 1030.